The summed E-state index contributed by atoms with van der Waals surface area (Å²) in [5.41, 5.74) is 7.93. The average Bonchev–Trinajstić information content (AvgIpc) is 2.47. The number of hydrogen-bond donors (Lipinski definition) is 2. The van der Waals surface area contributed by atoms with E-state index in [1.165, 1.54) is 24.8 Å². The van der Waals surface area contributed by atoms with Gasteiger partial charge in [0.05, 0.1) is 0 Å². The Morgan fingerprint density at radius 3 is 2.37 bits per heavy atom. The van der Waals surface area contributed by atoms with Gasteiger partial charge >= 0.3 is 0 Å². The van der Waals surface area contributed by atoms with Gasteiger partial charge in [-0.1, -0.05) is 43.5 Å². The van der Waals surface area contributed by atoms with Gasteiger partial charge in [0.1, 0.15) is 0 Å². The van der Waals surface area contributed by atoms with Crippen LogP contribution in [0.2, 0.25) is 0 Å². The van der Waals surface area contributed by atoms with E-state index >= 15 is 0 Å². The summed E-state index contributed by atoms with van der Waals surface area (Å²) in [6.07, 6.45) is 6.71. The molecule has 2 rings (SSSR count). The molecule has 1 saturated carbocycles. The third-order valence-corrected chi connectivity index (χ3v) is 3.90. The van der Waals surface area contributed by atoms with Crippen molar-refractivity contribution in [3.8, 4) is 0 Å². The lowest BCUT2D eigenvalue weighted by atomic mass is 9.88. The van der Waals surface area contributed by atoms with Gasteiger partial charge in [-0.3, -0.25) is 4.79 Å². The van der Waals surface area contributed by atoms with Gasteiger partial charge in [0.15, 0.2) is 0 Å². The standard InChI is InChI=1S/C16H24N2O/c17-11-10-13-6-8-14(9-7-13)12-18-16(19)15-4-2-1-3-5-15/h6-9,15H,1-5,10-12,17H2,(H,18,19). The molecule has 1 fully saturated rings. The Hall–Kier alpha value is -1.35. The number of carbonyl (C=O) groups is 1. The minimum absolute atomic E-state index is 0.228. The molecular weight excluding hydrogens is 236 g/mol. The number of carbonyl (C=O) groups excluding carboxylic acids is 1. The molecule has 0 aromatic heterocycles. The van der Waals surface area contributed by atoms with Gasteiger partial charge in [-0.15, -0.1) is 0 Å². The molecule has 0 aliphatic heterocycles. The summed E-state index contributed by atoms with van der Waals surface area (Å²) in [4.78, 5) is 12.0. The summed E-state index contributed by atoms with van der Waals surface area (Å²) in [5, 5.41) is 3.06. The maximum absolute atomic E-state index is 12.0. The lowest BCUT2D eigenvalue weighted by molar-refractivity contribution is -0.126. The Labute approximate surface area is 115 Å². The number of hydrogen-bond acceptors (Lipinski definition) is 2. The van der Waals surface area contributed by atoms with Crippen molar-refractivity contribution >= 4 is 5.91 Å². The number of amides is 1. The molecule has 19 heavy (non-hydrogen) atoms. The van der Waals surface area contributed by atoms with Gasteiger partial charge in [0.25, 0.3) is 0 Å². The molecular formula is C16H24N2O. The summed E-state index contributed by atoms with van der Waals surface area (Å²) in [7, 11) is 0. The predicted molar refractivity (Wildman–Crippen MR) is 77.6 cm³/mol. The molecule has 0 saturated heterocycles. The van der Waals surface area contributed by atoms with E-state index in [1.54, 1.807) is 0 Å². The van der Waals surface area contributed by atoms with Crippen LogP contribution in [-0.2, 0) is 17.8 Å². The van der Waals surface area contributed by atoms with Crippen LogP contribution in [0.4, 0.5) is 0 Å². The molecule has 1 aliphatic rings. The third kappa shape index (κ3) is 4.35. The molecule has 0 unspecified atom stereocenters. The van der Waals surface area contributed by atoms with Crippen LogP contribution in [0, 0.1) is 5.92 Å². The monoisotopic (exact) mass is 260 g/mol. The highest BCUT2D eigenvalue weighted by atomic mass is 16.1. The second-order valence-electron chi connectivity index (χ2n) is 5.41. The third-order valence-electron chi connectivity index (χ3n) is 3.90. The molecule has 0 spiro atoms. The Morgan fingerprint density at radius 2 is 1.74 bits per heavy atom. The lowest BCUT2D eigenvalue weighted by Gasteiger charge is -2.20. The first-order valence-corrected chi connectivity index (χ1v) is 7.35. The van der Waals surface area contributed by atoms with Gasteiger partial charge in [0.2, 0.25) is 5.91 Å². The van der Waals surface area contributed by atoms with E-state index in [-0.39, 0.29) is 11.8 Å². The minimum Gasteiger partial charge on any atom is -0.352 e. The fourth-order valence-electron chi connectivity index (χ4n) is 2.69. The molecule has 104 valence electrons. The molecule has 3 heteroatoms. The van der Waals surface area contributed by atoms with E-state index in [9.17, 15) is 4.79 Å². The minimum atomic E-state index is 0.228. The van der Waals surface area contributed by atoms with Gasteiger partial charge < -0.3 is 11.1 Å². The summed E-state index contributed by atoms with van der Waals surface area (Å²) in [6.45, 7) is 1.32. The van der Waals surface area contributed by atoms with Crippen molar-refractivity contribution in [3.05, 3.63) is 35.4 Å². The summed E-state index contributed by atoms with van der Waals surface area (Å²) in [6, 6.07) is 8.34. The Kier molecular flexibility index (Phi) is 5.40. The van der Waals surface area contributed by atoms with Gasteiger partial charge in [-0.25, -0.2) is 0 Å². The van der Waals surface area contributed by atoms with Crippen molar-refractivity contribution < 1.29 is 4.79 Å². The van der Waals surface area contributed by atoms with Crippen LogP contribution in [0.5, 0.6) is 0 Å². The van der Waals surface area contributed by atoms with E-state index in [1.807, 2.05) is 0 Å². The molecule has 3 N–H and O–H groups in total. The SMILES string of the molecule is NCCc1ccc(CNC(=O)C2CCCCC2)cc1. The predicted octanol–water partition coefficient (Wildman–Crippen LogP) is 2.38. The van der Waals surface area contributed by atoms with Crippen LogP contribution in [-0.4, -0.2) is 12.5 Å². The average molecular weight is 260 g/mol. The number of nitrogens with two attached hydrogens (primary N) is 1. The number of benzene rings is 1. The normalized spacial score (nSPS) is 16.3. The highest BCUT2D eigenvalue weighted by molar-refractivity contribution is 5.78. The highest BCUT2D eigenvalue weighted by Gasteiger charge is 2.20. The Balaban J connectivity index is 1.79. The Bertz CT molecular complexity index is 394. The first-order valence-electron chi connectivity index (χ1n) is 7.35. The molecule has 1 aromatic carbocycles. The smallest absolute Gasteiger partial charge is 0.223 e. The fourth-order valence-corrected chi connectivity index (χ4v) is 2.69. The van der Waals surface area contributed by atoms with Crippen molar-refractivity contribution in [2.45, 2.75) is 45.1 Å². The van der Waals surface area contributed by atoms with E-state index in [2.05, 4.69) is 29.6 Å². The van der Waals surface area contributed by atoms with Gasteiger partial charge in [0, 0.05) is 12.5 Å². The zero-order valence-corrected chi connectivity index (χ0v) is 11.5. The first-order chi connectivity index (χ1) is 9.29. The molecule has 1 amide bonds. The van der Waals surface area contributed by atoms with Crippen LogP contribution in [0.15, 0.2) is 24.3 Å². The topological polar surface area (TPSA) is 55.1 Å². The van der Waals surface area contributed by atoms with Crippen LogP contribution in [0.25, 0.3) is 0 Å². The second kappa shape index (κ2) is 7.29. The van der Waals surface area contributed by atoms with Crippen LogP contribution >= 0.6 is 0 Å². The molecule has 0 radical (unpaired) electrons. The summed E-state index contributed by atoms with van der Waals surface area (Å²) in [5.74, 6) is 0.469. The van der Waals surface area contributed by atoms with Crippen LogP contribution in [0.1, 0.15) is 43.2 Å². The first kappa shape index (κ1) is 14.1. The van der Waals surface area contributed by atoms with Gasteiger partial charge in [-0.05, 0) is 36.9 Å². The van der Waals surface area contributed by atoms with E-state index in [0.717, 1.165) is 24.8 Å². The summed E-state index contributed by atoms with van der Waals surface area (Å²) < 4.78 is 0. The molecule has 3 nitrogen and oxygen atoms in total. The van der Waals surface area contributed by atoms with Crippen molar-refractivity contribution in [1.29, 1.82) is 0 Å². The molecule has 0 heterocycles. The van der Waals surface area contributed by atoms with E-state index in [0.29, 0.717) is 13.1 Å². The maximum atomic E-state index is 12.0. The van der Waals surface area contributed by atoms with Crippen LogP contribution < -0.4 is 11.1 Å². The summed E-state index contributed by atoms with van der Waals surface area (Å²) >= 11 is 0. The van der Waals surface area contributed by atoms with Crippen LogP contribution in [0.3, 0.4) is 0 Å². The Morgan fingerprint density at radius 1 is 1.11 bits per heavy atom. The molecule has 0 atom stereocenters. The zero-order chi connectivity index (χ0) is 13.5. The maximum Gasteiger partial charge on any atom is 0.223 e. The highest BCUT2D eigenvalue weighted by Crippen LogP contribution is 2.23. The van der Waals surface area contributed by atoms with E-state index < -0.39 is 0 Å². The van der Waals surface area contributed by atoms with Crippen molar-refractivity contribution in [3.63, 3.8) is 0 Å². The molecule has 0 bridgehead atoms. The van der Waals surface area contributed by atoms with E-state index in [4.69, 9.17) is 5.73 Å². The quantitative estimate of drug-likeness (QED) is 0.854. The second-order valence-corrected chi connectivity index (χ2v) is 5.41. The largest absolute Gasteiger partial charge is 0.352 e. The molecule has 1 aliphatic carbocycles. The van der Waals surface area contributed by atoms with Crippen molar-refractivity contribution in [2.75, 3.05) is 6.54 Å². The lowest BCUT2D eigenvalue weighted by Crippen LogP contribution is -2.31. The zero-order valence-electron chi connectivity index (χ0n) is 11.5. The van der Waals surface area contributed by atoms with Gasteiger partial charge in [-0.2, -0.15) is 0 Å². The molecule has 1 aromatic rings. The number of rotatable bonds is 5. The van der Waals surface area contributed by atoms with Crippen molar-refractivity contribution in [2.24, 2.45) is 11.7 Å². The van der Waals surface area contributed by atoms with Crippen molar-refractivity contribution in [1.82, 2.24) is 5.32 Å². The fraction of sp³-hybridized carbons (Fsp3) is 0.562. The number of nitrogens with one attached hydrogen (secondary N) is 1.